The molecule has 0 unspecified atom stereocenters. The zero-order valence-corrected chi connectivity index (χ0v) is 15.8. The first-order valence-electron chi connectivity index (χ1n) is 8.19. The van der Waals surface area contributed by atoms with E-state index < -0.39 is 37.5 Å². The zero-order chi connectivity index (χ0) is 20.0. The van der Waals surface area contributed by atoms with E-state index in [0.717, 1.165) is 25.2 Å². The van der Waals surface area contributed by atoms with Gasteiger partial charge in [0.05, 0.1) is 5.41 Å². The zero-order valence-electron chi connectivity index (χ0n) is 15.0. The van der Waals surface area contributed by atoms with Gasteiger partial charge in [-0.25, -0.2) is 13.2 Å². The number of hydrogen-bond acceptors (Lipinski definition) is 5. The van der Waals surface area contributed by atoms with Crippen LogP contribution >= 0.6 is 0 Å². The summed E-state index contributed by atoms with van der Waals surface area (Å²) in [5.41, 5.74) is 3.86. The van der Waals surface area contributed by atoms with Crippen LogP contribution in [0.5, 0.6) is 0 Å². The summed E-state index contributed by atoms with van der Waals surface area (Å²) in [6, 6.07) is 9.17. The number of aryl methyl sites for hydroxylation is 1. The molecule has 2 aromatic rings. The molecule has 1 fully saturated rings. The maximum absolute atomic E-state index is 12.9. The molecule has 2 heterocycles. The van der Waals surface area contributed by atoms with Gasteiger partial charge in [-0.2, -0.15) is 4.31 Å². The molecule has 27 heavy (non-hydrogen) atoms. The lowest BCUT2D eigenvalue weighted by Gasteiger charge is -2.46. The van der Waals surface area contributed by atoms with Crippen LogP contribution in [0.1, 0.15) is 5.56 Å². The van der Waals surface area contributed by atoms with Crippen molar-refractivity contribution in [1.29, 1.82) is 0 Å². The Bertz CT molecular complexity index is 1110. The van der Waals surface area contributed by atoms with Gasteiger partial charge < -0.3 is 10.3 Å². The highest BCUT2D eigenvalue weighted by molar-refractivity contribution is 7.89. The Labute approximate surface area is 155 Å². The van der Waals surface area contributed by atoms with E-state index in [1.807, 2.05) is 30.3 Å². The highest BCUT2D eigenvalue weighted by Gasteiger charge is 2.53. The molecule has 1 aromatic carbocycles. The SMILES string of the molecule is Cn1cc(S(=O)(=O)N2CC(Cc3ccccc3)(C(N)=O)C2)c(=O)n(C)c1=O. The Kier molecular flexibility index (Phi) is 4.56. The standard InChI is InChI=1S/C17H20N4O5S/c1-19-9-13(14(22)20(2)16(19)24)27(25,26)21-10-17(11-21,15(18)23)8-12-6-4-3-5-7-12/h3-7,9H,8,10-11H2,1-2H3,(H2,18,23). The van der Waals surface area contributed by atoms with Gasteiger partial charge in [-0.3, -0.25) is 14.2 Å². The van der Waals surface area contributed by atoms with Crippen molar-refractivity contribution in [2.75, 3.05) is 13.1 Å². The minimum Gasteiger partial charge on any atom is -0.369 e. The van der Waals surface area contributed by atoms with Crippen molar-refractivity contribution >= 4 is 15.9 Å². The first kappa shape index (κ1) is 19.1. The van der Waals surface area contributed by atoms with Crippen molar-refractivity contribution in [3.63, 3.8) is 0 Å². The third kappa shape index (κ3) is 3.10. The summed E-state index contributed by atoms with van der Waals surface area (Å²) >= 11 is 0. The number of nitrogens with two attached hydrogens (primary N) is 1. The quantitative estimate of drug-likeness (QED) is 0.685. The van der Waals surface area contributed by atoms with E-state index in [-0.39, 0.29) is 13.1 Å². The fourth-order valence-corrected chi connectivity index (χ4v) is 4.99. The third-order valence-electron chi connectivity index (χ3n) is 4.90. The van der Waals surface area contributed by atoms with E-state index in [0.29, 0.717) is 6.42 Å². The van der Waals surface area contributed by atoms with Gasteiger partial charge in [-0.05, 0) is 12.0 Å². The average molecular weight is 392 g/mol. The second kappa shape index (κ2) is 6.46. The van der Waals surface area contributed by atoms with Crippen LogP contribution in [0.25, 0.3) is 0 Å². The number of nitrogens with zero attached hydrogens (tertiary/aromatic N) is 3. The van der Waals surface area contributed by atoms with Crippen molar-refractivity contribution < 1.29 is 13.2 Å². The Morgan fingerprint density at radius 2 is 1.74 bits per heavy atom. The maximum Gasteiger partial charge on any atom is 0.330 e. The molecular formula is C17H20N4O5S. The summed E-state index contributed by atoms with van der Waals surface area (Å²) in [5.74, 6) is -0.592. The number of amides is 1. The van der Waals surface area contributed by atoms with Gasteiger partial charge in [0.25, 0.3) is 5.56 Å². The van der Waals surface area contributed by atoms with E-state index in [9.17, 15) is 22.8 Å². The van der Waals surface area contributed by atoms with Crippen molar-refractivity contribution in [2.45, 2.75) is 11.3 Å². The van der Waals surface area contributed by atoms with E-state index in [1.165, 1.54) is 14.1 Å². The average Bonchev–Trinajstić information content (AvgIpc) is 2.59. The van der Waals surface area contributed by atoms with Crippen LogP contribution in [0.3, 0.4) is 0 Å². The molecule has 10 heteroatoms. The van der Waals surface area contributed by atoms with Crippen LogP contribution in [0.15, 0.2) is 51.0 Å². The van der Waals surface area contributed by atoms with Crippen molar-refractivity contribution in [2.24, 2.45) is 25.2 Å². The van der Waals surface area contributed by atoms with E-state index in [4.69, 9.17) is 5.73 Å². The van der Waals surface area contributed by atoms with E-state index in [1.54, 1.807) is 0 Å². The smallest absolute Gasteiger partial charge is 0.330 e. The number of sulfonamides is 1. The molecule has 0 atom stereocenters. The monoisotopic (exact) mass is 392 g/mol. The normalized spacial score (nSPS) is 16.7. The molecule has 0 spiro atoms. The fraction of sp³-hybridized carbons (Fsp3) is 0.353. The maximum atomic E-state index is 12.9. The predicted molar refractivity (Wildman–Crippen MR) is 97.5 cm³/mol. The second-order valence-electron chi connectivity index (χ2n) is 6.83. The van der Waals surface area contributed by atoms with Gasteiger partial charge in [0.1, 0.15) is 0 Å². The Balaban J connectivity index is 1.92. The van der Waals surface area contributed by atoms with Gasteiger partial charge in [0, 0.05) is 33.4 Å². The third-order valence-corrected chi connectivity index (χ3v) is 6.67. The molecule has 0 saturated carbocycles. The van der Waals surface area contributed by atoms with Crippen molar-refractivity contribution in [3.8, 4) is 0 Å². The second-order valence-corrected chi connectivity index (χ2v) is 8.74. The van der Waals surface area contributed by atoms with Gasteiger partial charge >= 0.3 is 5.69 Å². The Morgan fingerprint density at radius 1 is 1.15 bits per heavy atom. The number of rotatable bonds is 5. The lowest BCUT2D eigenvalue weighted by Crippen LogP contribution is -2.65. The summed E-state index contributed by atoms with van der Waals surface area (Å²) in [5, 5.41) is 0. The number of carbonyl (C=O) groups excluding carboxylic acids is 1. The van der Waals surface area contributed by atoms with Crippen LogP contribution in [0.4, 0.5) is 0 Å². The molecule has 1 aliphatic rings. The number of benzene rings is 1. The Morgan fingerprint density at radius 3 is 2.30 bits per heavy atom. The van der Waals surface area contributed by atoms with Crippen LogP contribution in [-0.4, -0.2) is 40.9 Å². The topological polar surface area (TPSA) is 124 Å². The highest BCUT2D eigenvalue weighted by atomic mass is 32.2. The summed E-state index contributed by atoms with van der Waals surface area (Å²) in [4.78, 5) is 35.6. The van der Waals surface area contributed by atoms with Gasteiger partial charge in [0.15, 0.2) is 4.90 Å². The van der Waals surface area contributed by atoms with Gasteiger partial charge in [-0.15, -0.1) is 0 Å². The first-order valence-corrected chi connectivity index (χ1v) is 9.63. The van der Waals surface area contributed by atoms with Crippen LogP contribution in [0, 0.1) is 5.41 Å². The number of carbonyl (C=O) groups is 1. The lowest BCUT2D eigenvalue weighted by atomic mass is 9.75. The number of hydrogen-bond donors (Lipinski definition) is 1. The molecule has 2 N–H and O–H groups in total. The molecule has 3 rings (SSSR count). The Hall–Kier alpha value is -2.72. The number of aromatic nitrogens is 2. The summed E-state index contributed by atoms with van der Waals surface area (Å²) < 4.78 is 28.5. The van der Waals surface area contributed by atoms with Crippen molar-refractivity contribution in [3.05, 3.63) is 62.9 Å². The molecule has 1 aromatic heterocycles. The fourth-order valence-electron chi connectivity index (χ4n) is 3.23. The molecule has 144 valence electrons. The highest BCUT2D eigenvalue weighted by Crippen LogP contribution is 2.37. The van der Waals surface area contributed by atoms with Crippen LogP contribution in [0.2, 0.25) is 0 Å². The molecular weight excluding hydrogens is 372 g/mol. The number of primary amides is 1. The molecule has 0 bridgehead atoms. The summed E-state index contributed by atoms with van der Waals surface area (Å²) in [6.07, 6.45) is 1.31. The van der Waals surface area contributed by atoms with Crippen LogP contribution in [-0.2, 0) is 35.3 Å². The van der Waals surface area contributed by atoms with E-state index in [2.05, 4.69) is 0 Å². The summed E-state index contributed by atoms with van der Waals surface area (Å²) in [7, 11) is -1.59. The van der Waals surface area contributed by atoms with E-state index >= 15 is 0 Å². The molecule has 0 aliphatic carbocycles. The van der Waals surface area contributed by atoms with Crippen molar-refractivity contribution in [1.82, 2.24) is 13.4 Å². The van der Waals surface area contributed by atoms with Gasteiger partial charge in [0.2, 0.25) is 15.9 Å². The minimum atomic E-state index is -4.16. The molecule has 1 aliphatic heterocycles. The largest absolute Gasteiger partial charge is 0.369 e. The first-order chi connectivity index (χ1) is 12.6. The predicted octanol–water partition coefficient (Wildman–Crippen LogP) is -1.20. The molecule has 1 saturated heterocycles. The molecule has 9 nitrogen and oxygen atoms in total. The van der Waals surface area contributed by atoms with Gasteiger partial charge in [-0.1, -0.05) is 30.3 Å². The summed E-state index contributed by atoms with van der Waals surface area (Å²) in [6.45, 7) is -0.239. The minimum absolute atomic E-state index is 0.119. The van der Waals surface area contributed by atoms with Crippen LogP contribution < -0.4 is 17.0 Å². The molecule has 1 amide bonds. The lowest BCUT2D eigenvalue weighted by molar-refractivity contribution is -0.134. The molecule has 0 radical (unpaired) electrons.